The van der Waals surface area contributed by atoms with Crippen LogP contribution in [0.4, 0.5) is 5.69 Å². The summed E-state index contributed by atoms with van der Waals surface area (Å²) in [5.74, 6) is 0. The standard InChI is InChI=1S/C13H19ClN2O/c14-12-7-10(4-5-13(12)15)8-16-9-11-3-1-2-6-17-11/h4-5,7,11,16H,1-3,6,8-9,15H2. The van der Waals surface area contributed by atoms with E-state index in [0.29, 0.717) is 16.8 Å². The molecular formula is C13H19ClN2O. The highest BCUT2D eigenvalue weighted by Gasteiger charge is 2.12. The fraction of sp³-hybridized carbons (Fsp3) is 0.538. The Morgan fingerprint density at radius 1 is 1.41 bits per heavy atom. The van der Waals surface area contributed by atoms with Crippen molar-refractivity contribution in [2.75, 3.05) is 18.9 Å². The van der Waals surface area contributed by atoms with Crippen LogP contribution in [0.2, 0.25) is 5.02 Å². The summed E-state index contributed by atoms with van der Waals surface area (Å²) < 4.78 is 5.65. The van der Waals surface area contributed by atoms with E-state index in [1.807, 2.05) is 18.2 Å². The number of halogens is 1. The van der Waals surface area contributed by atoms with Crippen LogP contribution in [0.3, 0.4) is 0 Å². The Kier molecular flexibility index (Phi) is 4.66. The topological polar surface area (TPSA) is 47.3 Å². The predicted octanol–water partition coefficient (Wildman–Crippen LogP) is 2.58. The van der Waals surface area contributed by atoms with Crippen molar-refractivity contribution in [2.45, 2.75) is 31.9 Å². The lowest BCUT2D eigenvalue weighted by atomic mass is 10.1. The van der Waals surface area contributed by atoms with E-state index in [1.165, 1.54) is 12.8 Å². The van der Waals surface area contributed by atoms with Crippen molar-refractivity contribution >= 4 is 17.3 Å². The van der Waals surface area contributed by atoms with E-state index in [4.69, 9.17) is 22.1 Å². The van der Waals surface area contributed by atoms with E-state index in [0.717, 1.165) is 31.7 Å². The van der Waals surface area contributed by atoms with Crippen molar-refractivity contribution in [3.05, 3.63) is 28.8 Å². The number of nitrogens with two attached hydrogens (primary N) is 1. The average Bonchev–Trinajstić information content (AvgIpc) is 2.35. The van der Waals surface area contributed by atoms with Gasteiger partial charge in [-0.1, -0.05) is 17.7 Å². The number of rotatable bonds is 4. The minimum absolute atomic E-state index is 0.369. The predicted molar refractivity (Wildman–Crippen MR) is 71.2 cm³/mol. The van der Waals surface area contributed by atoms with Crippen LogP contribution >= 0.6 is 11.6 Å². The largest absolute Gasteiger partial charge is 0.398 e. The van der Waals surface area contributed by atoms with Crippen molar-refractivity contribution in [2.24, 2.45) is 0 Å². The lowest BCUT2D eigenvalue weighted by Crippen LogP contribution is -2.31. The summed E-state index contributed by atoms with van der Waals surface area (Å²) in [6, 6.07) is 5.75. The van der Waals surface area contributed by atoms with Gasteiger partial charge in [0.2, 0.25) is 0 Å². The fourth-order valence-corrected chi connectivity index (χ4v) is 2.23. The Morgan fingerprint density at radius 3 is 3.00 bits per heavy atom. The molecule has 94 valence electrons. The molecule has 1 aromatic rings. The minimum Gasteiger partial charge on any atom is -0.398 e. The van der Waals surface area contributed by atoms with E-state index in [-0.39, 0.29) is 0 Å². The first-order valence-corrected chi connectivity index (χ1v) is 6.50. The van der Waals surface area contributed by atoms with Crippen LogP contribution in [-0.4, -0.2) is 19.3 Å². The molecule has 0 amide bonds. The summed E-state index contributed by atoms with van der Waals surface area (Å²) in [5.41, 5.74) is 7.45. The third-order valence-corrected chi connectivity index (χ3v) is 3.37. The minimum atomic E-state index is 0.369. The highest BCUT2D eigenvalue weighted by Crippen LogP contribution is 2.19. The first kappa shape index (κ1) is 12.7. The Bertz CT molecular complexity index is 364. The second-order valence-electron chi connectivity index (χ2n) is 4.48. The summed E-state index contributed by atoms with van der Waals surface area (Å²) in [7, 11) is 0. The average molecular weight is 255 g/mol. The molecule has 17 heavy (non-hydrogen) atoms. The summed E-state index contributed by atoms with van der Waals surface area (Å²) in [6.45, 7) is 2.61. The van der Waals surface area contributed by atoms with Gasteiger partial charge in [0.05, 0.1) is 16.8 Å². The number of nitrogen functional groups attached to an aromatic ring is 1. The zero-order valence-corrected chi connectivity index (χ0v) is 10.7. The Morgan fingerprint density at radius 2 is 2.29 bits per heavy atom. The zero-order chi connectivity index (χ0) is 12.1. The molecule has 1 atom stereocenters. The van der Waals surface area contributed by atoms with Crippen LogP contribution in [0.25, 0.3) is 0 Å². The first-order chi connectivity index (χ1) is 8.25. The normalized spacial score (nSPS) is 20.4. The summed E-state index contributed by atoms with van der Waals surface area (Å²) in [4.78, 5) is 0. The van der Waals surface area contributed by atoms with E-state index in [9.17, 15) is 0 Å². The molecule has 1 unspecified atom stereocenters. The van der Waals surface area contributed by atoms with Gasteiger partial charge in [-0.05, 0) is 37.0 Å². The SMILES string of the molecule is Nc1ccc(CNCC2CCCCO2)cc1Cl. The van der Waals surface area contributed by atoms with Gasteiger partial charge in [-0.15, -0.1) is 0 Å². The maximum Gasteiger partial charge on any atom is 0.0699 e. The Balaban J connectivity index is 1.75. The third-order valence-electron chi connectivity index (χ3n) is 3.04. The Hall–Kier alpha value is -0.770. The summed E-state index contributed by atoms with van der Waals surface area (Å²) in [5, 5.41) is 4.02. The van der Waals surface area contributed by atoms with Crippen molar-refractivity contribution in [3.8, 4) is 0 Å². The summed E-state index contributed by atoms with van der Waals surface area (Å²) >= 11 is 5.96. The van der Waals surface area contributed by atoms with Gasteiger partial charge in [0, 0.05) is 19.7 Å². The highest BCUT2D eigenvalue weighted by molar-refractivity contribution is 6.33. The molecule has 2 rings (SSSR count). The monoisotopic (exact) mass is 254 g/mol. The van der Waals surface area contributed by atoms with Crippen LogP contribution in [0.1, 0.15) is 24.8 Å². The molecule has 1 aliphatic heterocycles. The number of nitrogens with one attached hydrogen (secondary N) is 1. The number of hydrogen-bond donors (Lipinski definition) is 2. The second-order valence-corrected chi connectivity index (χ2v) is 4.88. The van der Waals surface area contributed by atoms with Crippen LogP contribution in [-0.2, 0) is 11.3 Å². The van der Waals surface area contributed by atoms with Crippen molar-refractivity contribution < 1.29 is 4.74 Å². The molecule has 1 aliphatic rings. The second kappa shape index (κ2) is 6.24. The van der Waals surface area contributed by atoms with E-state index in [1.54, 1.807) is 0 Å². The van der Waals surface area contributed by atoms with Gasteiger partial charge in [-0.2, -0.15) is 0 Å². The Labute approximate surface area is 107 Å². The molecule has 0 aromatic heterocycles. The molecule has 0 aliphatic carbocycles. The number of anilines is 1. The maximum atomic E-state index is 5.96. The van der Waals surface area contributed by atoms with E-state index in [2.05, 4.69) is 5.32 Å². The molecular weight excluding hydrogens is 236 g/mol. The molecule has 0 radical (unpaired) electrons. The number of benzene rings is 1. The van der Waals surface area contributed by atoms with Crippen molar-refractivity contribution in [1.82, 2.24) is 5.32 Å². The van der Waals surface area contributed by atoms with Crippen molar-refractivity contribution in [1.29, 1.82) is 0 Å². The summed E-state index contributed by atoms with van der Waals surface area (Å²) in [6.07, 6.45) is 4.01. The van der Waals surface area contributed by atoms with Crippen LogP contribution in [0, 0.1) is 0 Å². The number of ether oxygens (including phenoxy) is 1. The molecule has 0 saturated carbocycles. The lowest BCUT2D eigenvalue weighted by molar-refractivity contribution is 0.0168. The molecule has 0 spiro atoms. The fourth-order valence-electron chi connectivity index (χ4n) is 2.03. The molecule has 1 aromatic carbocycles. The van der Waals surface area contributed by atoms with Gasteiger partial charge in [-0.3, -0.25) is 0 Å². The van der Waals surface area contributed by atoms with Gasteiger partial charge in [0.1, 0.15) is 0 Å². The molecule has 1 fully saturated rings. The zero-order valence-electron chi connectivity index (χ0n) is 9.92. The van der Waals surface area contributed by atoms with Crippen molar-refractivity contribution in [3.63, 3.8) is 0 Å². The molecule has 1 heterocycles. The maximum absolute atomic E-state index is 5.96. The lowest BCUT2D eigenvalue weighted by Gasteiger charge is -2.22. The number of hydrogen-bond acceptors (Lipinski definition) is 3. The molecule has 3 nitrogen and oxygen atoms in total. The molecule has 4 heteroatoms. The van der Waals surface area contributed by atoms with E-state index >= 15 is 0 Å². The molecule has 3 N–H and O–H groups in total. The van der Waals surface area contributed by atoms with Gasteiger partial charge in [-0.25, -0.2) is 0 Å². The van der Waals surface area contributed by atoms with Crippen LogP contribution < -0.4 is 11.1 Å². The van der Waals surface area contributed by atoms with Gasteiger partial charge in [0.15, 0.2) is 0 Å². The van der Waals surface area contributed by atoms with Gasteiger partial charge in [0.25, 0.3) is 0 Å². The third kappa shape index (κ3) is 3.87. The van der Waals surface area contributed by atoms with Crippen LogP contribution in [0.5, 0.6) is 0 Å². The smallest absolute Gasteiger partial charge is 0.0699 e. The quantitative estimate of drug-likeness (QED) is 0.812. The molecule has 0 bridgehead atoms. The van der Waals surface area contributed by atoms with Gasteiger partial charge >= 0.3 is 0 Å². The highest BCUT2D eigenvalue weighted by atomic mass is 35.5. The van der Waals surface area contributed by atoms with Crippen LogP contribution in [0.15, 0.2) is 18.2 Å². The molecule has 1 saturated heterocycles. The van der Waals surface area contributed by atoms with E-state index < -0.39 is 0 Å². The first-order valence-electron chi connectivity index (χ1n) is 6.12. The van der Waals surface area contributed by atoms with Gasteiger partial charge < -0.3 is 15.8 Å².